The lowest BCUT2D eigenvalue weighted by atomic mass is 9.95. The fraction of sp³-hybridized carbons (Fsp3) is 0.371. The van der Waals surface area contributed by atoms with Gasteiger partial charge in [-0.25, -0.2) is 9.97 Å². The maximum atomic E-state index is 13.5. The Morgan fingerprint density at radius 1 is 1.05 bits per heavy atom. The zero-order chi connectivity index (χ0) is 31.2. The Hall–Kier alpha value is -3.36. The lowest BCUT2D eigenvalue weighted by molar-refractivity contribution is 0.0987. The first-order valence-corrected chi connectivity index (χ1v) is 15.9. The van der Waals surface area contributed by atoms with Gasteiger partial charge in [-0.15, -0.1) is 0 Å². The number of aliphatic hydroxyl groups excluding tert-OH is 1. The number of carbonyl (C=O) groups excluding carboxylic acids is 1. The molecule has 3 heterocycles. The Labute approximate surface area is 269 Å². The summed E-state index contributed by atoms with van der Waals surface area (Å²) in [5.41, 5.74) is 8.06. The Kier molecular flexibility index (Phi) is 10.6. The van der Waals surface area contributed by atoms with Crippen LogP contribution in [-0.2, 0) is 25.8 Å². The Bertz CT molecular complexity index is 1660. The van der Waals surface area contributed by atoms with E-state index in [0.29, 0.717) is 51.3 Å². The monoisotopic (exact) mass is 632 g/mol. The van der Waals surface area contributed by atoms with E-state index in [2.05, 4.69) is 28.7 Å². The second kappa shape index (κ2) is 14.6. The number of ketones is 1. The predicted molar refractivity (Wildman–Crippen MR) is 176 cm³/mol. The molecule has 7 nitrogen and oxygen atoms in total. The van der Waals surface area contributed by atoms with E-state index in [9.17, 15) is 4.79 Å². The number of aliphatic hydroxyl groups is 1. The summed E-state index contributed by atoms with van der Waals surface area (Å²) in [6.45, 7) is 7.22. The number of fused-ring (bicyclic) bond motifs is 1. The average Bonchev–Trinajstić information content (AvgIpc) is 3.02. The van der Waals surface area contributed by atoms with Crippen LogP contribution in [0.1, 0.15) is 64.8 Å². The minimum atomic E-state index is -0.0659. The zero-order valence-electron chi connectivity index (χ0n) is 25.5. The van der Waals surface area contributed by atoms with Crippen molar-refractivity contribution in [3.8, 4) is 28.3 Å². The highest BCUT2D eigenvalue weighted by molar-refractivity contribution is 6.38. The summed E-state index contributed by atoms with van der Waals surface area (Å²) >= 11 is 14.0. The largest absolute Gasteiger partial charge is 0.480 e. The van der Waals surface area contributed by atoms with Crippen molar-refractivity contribution in [2.45, 2.75) is 58.9 Å². The van der Waals surface area contributed by atoms with Gasteiger partial charge in [0, 0.05) is 42.8 Å². The van der Waals surface area contributed by atoms with Crippen LogP contribution in [0.4, 0.5) is 0 Å². The average molecular weight is 634 g/mol. The number of halogens is 2. The number of methoxy groups -OCH3 is 1. The normalized spacial score (nSPS) is 13.1. The van der Waals surface area contributed by atoms with Crippen molar-refractivity contribution >= 4 is 29.0 Å². The molecule has 0 saturated heterocycles. The molecule has 1 aliphatic heterocycles. The van der Waals surface area contributed by atoms with Crippen molar-refractivity contribution in [3.63, 3.8) is 0 Å². The highest BCUT2D eigenvalue weighted by atomic mass is 35.5. The Morgan fingerprint density at radius 2 is 1.80 bits per heavy atom. The summed E-state index contributed by atoms with van der Waals surface area (Å²) < 4.78 is 5.52. The van der Waals surface area contributed by atoms with Crippen molar-refractivity contribution in [3.05, 3.63) is 92.5 Å². The van der Waals surface area contributed by atoms with Gasteiger partial charge >= 0.3 is 0 Å². The van der Waals surface area contributed by atoms with Gasteiger partial charge in [0.1, 0.15) is 11.4 Å². The molecule has 0 saturated carbocycles. The number of unbranched alkanes of at least 4 members (excludes halogenated alkanes) is 1. The van der Waals surface area contributed by atoms with E-state index in [-0.39, 0.29) is 18.8 Å². The van der Waals surface area contributed by atoms with Crippen LogP contribution < -0.4 is 4.74 Å². The number of carbonyl (C=O) groups is 1. The molecule has 44 heavy (non-hydrogen) atoms. The van der Waals surface area contributed by atoms with Crippen LogP contribution in [-0.4, -0.2) is 57.5 Å². The summed E-state index contributed by atoms with van der Waals surface area (Å²) in [4.78, 5) is 30.0. The van der Waals surface area contributed by atoms with Crippen molar-refractivity contribution in [1.82, 2.24) is 19.9 Å². The van der Waals surface area contributed by atoms with Gasteiger partial charge in [-0.2, -0.15) is 0 Å². The molecule has 0 radical (unpaired) electrons. The Balaban J connectivity index is 1.41. The fourth-order valence-corrected chi connectivity index (χ4v) is 6.46. The quantitative estimate of drug-likeness (QED) is 0.129. The maximum absolute atomic E-state index is 13.5. The van der Waals surface area contributed by atoms with Gasteiger partial charge in [0.05, 0.1) is 34.7 Å². The van der Waals surface area contributed by atoms with E-state index in [1.54, 1.807) is 13.3 Å². The number of aryl methyl sites for hydroxylation is 2. The molecule has 1 aliphatic rings. The number of hydrogen-bond donors (Lipinski definition) is 1. The van der Waals surface area contributed by atoms with E-state index >= 15 is 0 Å². The highest BCUT2D eigenvalue weighted by Gasteiger charge is 2.23. The van der Waals surface area contributed by atoms with Crippen molar-refractivity contribution in [2.24, 2.45) is 0 Å². The minimum absolute atomic E-state index is 0.0659. The van der Waals surface area contributed by atoms with E-state index in [4.69, 9.17) is 38.0 Å². The molecule has 2 aromatic heterocycles. The van der Waals surface area contributed by atoms with Gasteiger partial charge in [-0.1, -0.05) is 66.5 Å². The molecule has 4 aromatic rings. The molecule has 230 valence electrons. The number of hydrogen-bond acceptors (Lipinski definition) is 7. The number of benzene rings is 2. The summed E-state index contributed by atoms with van der Waals surface area (Å²) in [5.74, 6) is 0.369. The number of pyridine rings is 1. The topological polar surface area (TPSA) is 88.4 Å². The second-order valence-electron chi connectivity index (χ2n) is 11.2. The van der Waals surface area contributed by atoms with Crippen LogP contribution in [0.3, 0.4) is 0 Å². The molecule has 0 unspecified atom stereocenters. The maximum Gasteiger partial charge on any atom is 0.235 e. The SMILES string of the molecule is CCCN1CCc2c(C)cc(C(=O)Cc3cccc(-c4cccc(-c5cnc(CCCCO)c(OC)n5)c4Cl)c3Cl)nc2C1. The molecule has 1 N–H and O–H groups in total. The third-order valence-electron chi connectivity index (χ3n) is 8.13. The number of ether oxygens (including phenoxy) is 1. The number of aromatic nitrogens is 3. The third kappa shape index (κ3) is 6.97. The highest BCUT2D eigenvalue weighted by Crippen LogP contribution is 2.40. The van der Waals surface area contributed by atoms with E-state index in [1.165, 1.54) is 5.56 Å². The number of Topliss-reactive ketones (excluding diaryl/α,β-unsaturated/α-hetero) is 1. The molecule has 0 spiro atoms. The molecule has 0 bridgehead atoms. The molecule has 0 atom stereocenters. The molecule has 5 rings (SSSR count). The van der Waals surface area contributed by atoms with E-state index in [0.717, 1.165) is 67.0 Å². The van der Waals surface area contributed by atoms with Gasteiger partial charge in [0.15, 0.2) is 5.78 Å². The molecular formula is C35H38Cl2N4O3. The first-order valence-electron chi connectivity index (χ1n) is 15.2. The summed E-state index contributed by atoms with van der Waals surface area (Å²) in [5, 5.41) is 10.1. The van der Waals surface area contributed by atoms with Crippen molar-refractivity contribution in [2.75, 3.05) is 26.8 Å². The van der Waals surface area contributed by atoms with Gasteiger partial charge in [-0.05, 0) is 68.3 Å². The molecule has 0 aliphatic carbocycles. The zero-order valence-corrected chi connectivity index (χ0v) is 27.0. The van der Waals surface area contributed by atoms with Crippen LogP contribution in [0.15, 0.2) is 48.7 Å². The van der Waals surface area contributed by atoms with Crippen LogP contribution in [0.5, 0.6) is 5.88 Å². The van der Waals surface area contributed by atoms with Crippen LogP contribution in [0.2, 0.25) is 10.0 Å². The van der Waals surface area contributed by atoms with Gasteiger partial charge in [-0.3, -0.25) is 14.7 Å². The van der Waals surface area contributed by atoms with Crippen LogP contribution >= 0.6 is 23.2 Å². The molecule has 2 aromatic carbocycles. The van der Waals surface area contributed by atoms with Gasteiger partial charge in [0.2, 0.25) is 5.88 Å². The van der Waals surface area contributed by atoms with Gasteiger partial charge < -0.3 is 9.84 Å². The third-order valence-corrected chi connectivity index (χ3v) is 8.98. The van der Waals surface area contributed by atoms with Crippen molar-refractivity contribution in [1.29, 1.82) is 0 Å². The summed E-state index contributed by atoms with van der Waals surface area (Å²) in [7, 11) is 1.57. The molecule has 0 amide bonds. The Morgan fingerprint density at radius 3 is 2.55 bits per heavy atom. The van der Waals surface area contributed by atoms with Crippen LogP contribution in [0.25, 0.3) is 22.4 Å². The standard InChI is InChI=1S/C35H38Cl2N4O3/c1-4-15-41-16-14-24-22(2)18-29(39-31(24)21-41)32(43)19-23-9-7-10-25(33(23)36)26-11-8-12-27(34(26)37)30-20-38-28(13-5-6-17-42)35(40-30)44-3/h7-12,18,20,42H,4-6,13-17,19,21H2,1-3H3. The fourth-order valence-electron chi connectivity index (χ4n) is 5.84. The lowest BCUT2D eigenvalue weighted by Gasteiger charge is -2.29. The molecule has 0 fully saturated rings. The lowest BCUT2D eigenvalue weighted by Crippen LogP contribution is -2.32. The van der Waals surface area contributed by atoms with Crippen molar-refractivity contribution < 1.29 is 14.6 Å². The summed E-state index contributed by atoms with van der Waals surface area (Å²) in [6.07, 6.45) is 6.01. The second-order valence-corrected chi connectivity index (χ2v) is 12.0. The smallest absolute Gasteiger partial charge is 0.235 e. The molecular weight excluding hydrogens is 595 g/mol. The minimum Gasteiger partial charge on any atom is -0.480 e. The summed E-state index contributed by atoms with van der Waals surface area (Å²) in [6, 6.07) is 13.3. The molecule has 9 heteroatoms. The number of rotatable bonds is 12. The van der Waals surface area contributed by atoms with Gasteiger partial charge in [0.25, 0.3) is 0 Å². The van der Waals surface area contributed by atoms with Crippen LogP contribution in [0, 0.1) is 6.92 Å². The number of nitrogens with zero attached hydrogens (tertiary/aromatic N) is 4. The van der Waals surface area contributed by atoms with E-state index < -0.39 is 0 Å². The predicted octanol–water partition coefficient (Wildman–Crippen LogP) is 7.34. The first kappa shape index (κ1) is 32.0. The van der Waals surface area contributed by atoms with E-state index in [1.807, 2.05) is 42.5 Å². The first-order chi connectivity index (χ1) is 21.3.